The van der Waals surface area contributed by atoms with Gasteiger partial charge in [0.1, 0.15) is 0 Å². The van der Waals surface area contributed by atoms with Crippen LogP contribution in [-0.2, 0) is 11.3 Å². The highest BCUT2D eigenvalue weighted by Gasteiger charge is 2.28. The van der Waals surface area contributed by atoms with Gasteiger partial charge in [-0.2, -0.15) is 8.78 Å². The predicted octanol–water partition coefficient (Wildman–Crippen LogP) is 2.85. The predicted molar refractivity (Wildman–Crippen MR) is 114 cm³/mol. The molecule has 2 rings (SSSR count). The molecule has 0 saturated carbocycles. The van der Waals surface area contributed by atoms with E-state index in [9.17, 15) is 8.78 Å². The highest BCUT2D eigenvalue weighted by Crippen LogP contribution is 2.30. The molecule has 0 aromatic heterocycles. The van der Waals surface area contributed by atoms with Gasteiger partial charge in [-0.1, -0.05) is 6.07 Å². The smallest absolute Gasteiger partial charge is 0.387 e. The molecule has 0 aliphatic carbocycles. The van der Waals surface area contributed by atoms with Crippen molar-refractivity contribution >= 4 is 5.96 Å². The SMILES string of the molecule is CCNC(=NCc1ccc(OC(F)F)c(OCC)c1)NCC(C)(C)N1CCOCC1. The van der Waals surface area contributed by atoms with Crippen LogP contribution < -0.4 is 20.1 Å². The third-order valence-corrected chi connectivity index (χ3v) is 4.84. The number of nitrogens with zero attached hydrogens (tertiary/aromatic N) is 2. The van der Waals surface area contributed by atoms with Crippen LogP contribution in [0.5, 0.6) is 11.5 Å². The molecule has 1 saturated heterocycles. The number of morpholine rings is 1. The molecule has 0 radical (unpaired) electrons. The van der Waals surface area contributed by atoms with Gasteiger partial charge < -0.3 is 24.8 Å². The van der Waals surface area contributed by atoms with Crippen molar-refractivity contribution in [2.24, 2.45) is 4.99 Å². The lowest BCUT2D eigenvalue weighted by Gasteiger charge is -2.41. The number of hydrogen-bond donors (Lipinski definition) is 2. The number of nitrogens with one attached hydrogen (secondary N) is 2. The van der Waals surface area contributed by atoms with Crippen LogP contribution in [0.25, 0.3) is 0 Å². The molecule has 0 spiro atoms. The summed E-state index contributed by atoms with van der Waals surface area (Å²) in [7, 11) is 0. The third kappa shape index (κ3) is 7.60. The van der Waals surface area contributed by atoms with E-state index >= 15 is 0 Å². The Balaban J connectivity index is 2.03. The van der Waals surface area contributed by atoms with Gasteiger partial charge in [0.05, 0.1) is 26.4 Å². The van der Waals surface area contributed by atoms with Crippen molar-refractivity contribution in [2.75, 3.05) is 46.0 Å². The summed E-state index contributed by atoms with van der Waals surface area (Å²) < 4.78 is 40.5. The maximum absolute atomic E-state index is 12.6. The lowest BCUT2D eigenvalue weighted by atomic mass is 10.0. The van der Waals surface area contributed by atoms with E-state index in [1.807, 2.05) is 6.92 Å². The van der Waals surface area contributed by atoms with E-state index in [0.29, 0.717) is 19.1 Å². The van der Waals surface area contributed by atoms with Crippen LogP contribution in [0.3, 0.4) is 0 Å². The van der Waals surface area contributed by atoms with Crippen LogP contribution in [0.2, 0.25) is 0 Å². The highest BCUT2D eigenvalue weighted by atomic mass is 19.3. The fourth-order valence-corrected chi connectivity index (χ4v) is 3.21. The summed E-state index contributed by atoms with van der Waals surface area (Å²) in [5.41, 5.74) is 0.792. The van der Waals surface area contributed by atoms with Crippen molar-refractivity contribution in [1.82, 2.24) is 15.5 Å². The maximum atomic E-state index is 12.6. The summed E-state index contributed by atoms with van der Waals surface area (Å²) >= 11 is 0. The molecule has 1 aliphatic heterocycles. The number of aliphatic imine (C=N–C) groups is 1. The summed E-state index contributed by atoms with van der Waals surface area (Å²) in [6, 6.07) is 4.89. The van der Waals surface area contributed by atoms with E-state index in [4.69, 9.17) is 9.47 Å². The summed E-state index contributed by atoms with van der Waals surface area (Å²) in [6.45, 7) is 10.8. The monoisotopic (exact) mass is 428 g/mol. The Morgan fingerprint density at radius 2 is 1.93 bits per heavy atom. The number of rotatable bonds is 10. The average Bonchev–Trinajstić information content (AvgIpc) is 2.72. The molecule has 30 heavy (non-hydrogen) atoms. The lowest BCUT2D eigenvalue weighted by Crippen LogP contribution is -2.56. The maximum Gasteiger partial charge on any atom is 0.387 e. The zero-order valence-electron chi connectivity index (χ0n) is 18.3. The van der Waals surface area contributed by atoms with Gasteiger partial charge in [0.2, 0.25) is 0 Å². The zero-order valence-corrected chi connectivity index (χ0v) is 18.3. The summed E-state index contributed by atoms with van der Waals surface area (Å²) in [5.74, 6) is 1.01. The fraction of sp³-hybridized carbons (Fsp3) is 0.667. The second kappa shape index (κ2) is 11.9. The van der Waals surface area contributed by atoms with E-state index in [2.05, 4.69) is 39.1 Å². The summed E-state index contributed by atoms with van der Waals surface area (Å²) in [6.07, 6.45) is 0. The number of halogens is 2. The first kappa shape index (κ1) is 24.1. The van der Waals surface area contributed by atoms with Crippen molar-refractivity contribution in [2.45, 2.75) is 46.4 Å². The van der Waals surface area contributed by atoms with Gasteiger partial charge in [-0.25, -0.2) is 4.99 Å². The molecular weight excluding hydrogens is 394 g/mol. The van der Waals surface area contributed by atoms with Crippen LogP contribution in [-0.4, -0.2) is 69.0 Å². The van der Waals surface area contributed by atoms with E-state index in [1.54, 1.807) is 19.1 Å². The van der Waals surface area contributed by atoms with Gasteiger partial charge in [0.15, 0.2) is 17.5 Å². The van der Waals surface area contributed by atoms with E-state index < -0.39 is 6.61 Å². The second-order valence-electron chi connectivity index (χ2n) is 7.55. The van der Waals surface area contributed by atoms with Gasteiger partial charge in [-0.3, -0.25) is 4.90 Å². The van der Waals surface area contributed by atoms with Crippen molar-refractivity contribution in [1.29, 1.82) is 0 Å². The van der Waals surface area contributed by atoms with Crippen molar-refractivity contribution in [3.63, 3.8) is 0 Å². The highest BCUT2D eigenvalue weighted by molar-refractivity contribution is 5.79. The molecule has 1 heterocycles. The van der Waals surface area contributed by atoms with Crippen molar-refractivity contribution < 1.29 is 23.0 Å². The minimum Gasteiger partial charge on any atom is -0.490 e. The number of hydrogen-bond acceptors (Lipinski definition) is 5. The average molecular weight is 429 g/mol. The second-order valence-corrected chi connectivity index (χ2v) is 7.55. The van der Waals surface area contributed by atoms with Crippen LogP contribution in [0.15, 0.2) is 23.2 Å². The lowest BCUT2D eigenvalue weighted by molar-refractivity contribution is -0.0514. The Labute approximate surface area is 177 Å². The molecule has 170 valence electrons. The van der Waals surface area contributed by atoms with Crippen LogP contribution >= 0.6 is 0 Å². The third-order valence-electron chi connectivity index (χ3n) is 4.84. The molecule has 1 aromatic carbocycles. The summed E-state index contributed by atoms with van der Waals surface area (Å²) in [5, 5.41) is 6.65. The largest absolute Gasteiger partial charge is 0.490 e. The number of benzene rings is 1. The molecule has 0 atom stereocenters. The number of ether oxygens (including phenoxy) is 3. The van der Waals surface area contributed by atoms with Gasteiger partial charge in [0.25, 0.3) is 0 Å². The normalized spacial score (nSPS) is 15.9. The van der Waals surface area contributed by atoms with Crippen LogP contribution in [0.4, 0.5) is 8.78 Å². The van der Waals surface area contributed by atoms with Gasteiger partial charge in [-0.15, -0.1) is 0 Å². The fourth-order valence-electron chi connectivity index (χ4n) is 3.21. The molecule has 1 aliphatic rings. The van der Waals surface area contributed by atoms with Gasteiger partial charge in [-0.05, 0) is 45.4 Å². The Morgan fingerprint density at radius 1 is 1.20 bits per heavy atom. The molecule has 1 fully saturated rings. The Bertz CT molecular complexity index is 680. The number of guanidine groups is 1. The minimum absolute atomic E-state index is 0.0249. The van der Waals surface area contributed by atoms with E-state index in [-0.39, 0.29) is 17.0 Å². The zero-order chi connectivity index (χ0) is 22.0. The van der Waals surface area contributed by atoms with Crippen molar-refractivity contribution in [3.8, 4) is 11.5 Å². The quantitative estimate of drug-likeness (QED) is 0.441. The van der Waals surface area contributed by atoms with Crippen LogP contribution in [0.1, 0.15) is 33.3 Å². The molecule has 9 heteroatoms. The summed E-state index contributed by atoms with van der Waals surface area (Å²) in [4.78, 5) is 7.04. The van der Waals surface area contributed by atoms with Crippen LogP contribution in [0, 0.1) is 0 Å². The number of alkyl halides is 2. The van der Waals surface area contributed by atoms with E-state index in [0.717, 1.165) is 45.0 Å². The molecule has 0 bridgehead atoms. The standard InChI is InChI=1S/C21H34F2N4O3/c1-5-24-20(26-15-21(3,4)27-9-11-28-12-10-27)25-14-16-7-8-17(30-19(22)23)18(13-16)29-6-2/h7-8,13,19H,5-6,9-12,14-15H2,1-4H3,(H2,24,25,26). The topological polar surface area (TPSA) is 67.4 Å². The van der Waals surface area contributed by atoms with Gasteiger partial charge >= 0.3 is 6.61 Å². The Morgan fingerprint density at radius 3 is 2.57 bits per heavy atom. The first-order chi connectivity index (χ1) is 14.4. The van der Waals surface area contributed by atoms with E-state index in [1.165, 1.54) is 6.07 Å². The first-order valence-corrected chi connectivity index (χ1v) is 10.4. The molecule has 7 nitrogen and oxygen atoms in total. The minimum atomic E-state index is -2.90. The van der Waals surface area contributed by atoms with Crippen molar-refractivity contribution in [3.05, 3.63) is 23.8 Å². The molecule has 1 aromatic rings. The Hall–Kier alpha value is -2.13. The Kier molecular flexibility index (Phi) is 9.58. The molecule has 0 unspecified atom stereocenters. The molecule has 2 N–H and O–H groups in total. The van der Waals surface area contributed by atoms with Gasteiger partial charge in [0, 0.05) is 31.7 Å². The first-order valence-electron chi connectivity index (χ1n) is 10.4. The molecule has 0 amide bonds. The molecular formula is C21H34F2N4O3.